The molecule has 0 bridgehead atoms. The third-order valence-electron chi connectivity index (χ3n) is 2.74. The Kier molecular flexibility index (Phi) is 3.65. The number of likely N-dealkylation sites (tertiary alicyclic amines) is 1. The molecule has 0 aliphatic carbocycles. The first-order valence-corrected chi connectivity index (χ1v) is 5.72. The molecule has 0 unspecified atom stereocenters. The Labute approximate surface area is 97.6 Å². The second-order valence-electron chi connectivity index (χ2n) is 6.26. The number of carbonyl (C=O) groups is 1. The molecule has 1 aliphatic rings. The fraction of sp³-hybridized carbons (Fsp3) is 0.917. The minimum absolute atomic E-state index is 0.137. The predicted octanol–water partition coefficient (Wildman–Crippen LogP) is 1.03. The van der Waals surface area contributed by atoms with Crippen molar-refractivity contribution >= 4 is 5.97 Å². The fourth-order valence-corrected chi connectivity index (χ4v) is 1.91. The van der Waals surface area contributed by atoms with Crippen LogP contribution in [0.15, 0.2) is 0 Å². The van der Waals surface area contributed by atoms with Gasteiger partial charge in [0.2, 0.25) is 0 Å². The summed E-state index contributed by atoms with van der Waals surface area (Å²) in [6, 6.07) is 0. The summed E-state index contributed by atoms with van der Waals surface area (Å²) in [7, 11) is 0. The van der Waals surface area contributed by atoms with E-state index in [1.54, 1.807) is 0 Å². The molecule has 4 nitrogen and oxygen atoms in total. The van der Waals surface area contributed by atoms with Gasteiger partial charge in [-0.3, -0.25) is 9.69 Å². The van der Waals surface area contributed by atoms with Crippen LogP contribution >= 0.6 is 0 Å². The second kappa shape index (κ2) is 4.34. The largest absolute Gasteiger partial charge is 0.459 e. The van der Waals surface area contributed by atoms with Crippen LogP contribution in [0.4, 0.5) is 0 Å². The van der Waals surface area contributed by atoms with Crippen molar-refractivity contribution in [2.45, 2.75) is 46.3 Å². The van der Waals surface area contributed by atoms with Crippen LogP contribution in [0.1, 0.15) is 34.6 Å². The standard InChI is InChI=1S/C12H23NO3/c1-11(2,3)16-10(15)7-13-6-9(14)12(4,5)8-13/h9,14H,6-8H2,1-5H3/t9-/m0/s1. The van der Waals surface area contributed by atoms with Crippen molar-refractivity contribution in [1.82, 2.24) is 4.90 Å². The maximum absolute atomic E-state index is 11.6. The van der Waals surface area contributed by atoms with Crippen LogP contribution in [-0.2, 0) is 9.53 Å². The zero-order chi connectivity index (χ0) is 12.6. The highest BCUT2D eigenvalue weighted by atomic mass is 16.6. The summed E-state index contributed by atoms with van der Waals surface area (Å²) in [4.78, 5) is 13.5. The third-order valence-corrected chi connectivity index (χ3v) is 2.74. The smallest absolute Gasteiger partial charge is 0.320 e. The van der Waals surface area contributed by atoms with Gasteiger partial charge in [0.25, 0.3) is 0 Å². The van der Waals surface area contributed by atoms with Crippen LogP contribution in [0, 0.1) is 5.41 Å². The zero-order valence-electron chi connectivity index (χ0n) is 10.9. The number of aliphatic hydroxyl groups is 1. The predicted molar refractivity (Wildman–Crippen MR) is 62.1 cm³/mol. The SMILES string of the molecule is CC(C)(C)OC(=O)CN1C[C@H](O)C(C)(C)C1. The number of hydrogen-bond acceptors (Lipinski definition) is 4. The van der Waals surface area contributed by atoms with Crippen LogP contribution in [0.3, 0.4) is 0 Å². The molecular weight excluding hydrogens is 206 g/mol. The molecule has 1 N–H and O–H groups in total. The maximum Gasteiger partial charge on any atom is 0.320 e. The number of ether oxygens (including phenoxy) is 1. The molecule has 1 atom stereocenters. The third kappa shape index (κ3) is 3.76. The van der Waals surface area contributed by atoms with Gasteiger partial charge in [-0.25, -0.2) is 0 Å². The van der Waals surface area contributed by atoms with Gasteiger partial charge in [-0.2, -0.15) is 0 Å². The van der Waals surface area contributed by atoms with E-state index in [0.29, 0.717) is 6.54 Å². The Bertz CT molecular complexity index is 268. The van der Waals surface area contributed by atoms with Crippen LogP contribution < -0.4 is 0 Å². The minimum atomic E-state index is -0.440. The van der Waals surface area contributed by atoms with Crippen LogP contribution in [0.2, 0.25) is 0 Å². The molecule has 16 heavy (non-hydrogen) atoms. The highest BCUT2D eigenvalue weighted by molar-refractivity contribution is 5.72. The highest BCUT2D eigenvalue weighted by Gasteiger charge is 2.38. The van der Waals surface area contributed by atoms with Gasteiger partial charge in [-0.1, -0.05) is 13.8 Å². The normalized spacial score (nSPS) is 25.8. The van der Waals surface area contributed by atoms with Crippen molar-refractivity contribution < 1.29 is 14.6 Å². The lowest BCUT2D eigenvalue weighted by molar-refractivity contribution is -0.155. The van der Waals surface area contributed by atoms with E-state index in [4.69, 9.17) is 4.74 Å². The van der Waals surface area contributed by atoms with Crippen LogP contribution in [0.25, 0.3) is 0 Å². The lowest BCUT2D eigenvalue weighted by atomic mass is 9.90. The minimum Gasteiger partial charge on any atom is -0.459 e. The van der Waals surface area contributed by atoms with E-state index in [0.717, 1.165) is 6.54 Å². The lowest BCUT2D eigenvalue weighted by Gasteiger charge is -2.23. The molecule has 0 radical (unpaired) electrons. The first-order chi connectivity index (χ1) is 7.10. The molecule has 0 amide bonds. The molecule has 94 valence electrons. The Morgan fingerprint density at radius 2 is 2.06 bits per heavy atom. The molecule has 1 fully saturated rings. The topological polar surface area (TPSA) is 49.8 Å². The van der Waals surface area contributed by atoms with E-state index < -0.39 is 5.60 Å². The van der Waals surface area contributed by atoms with E-state index in [2.05, 4.69) is 0 Å². The van der Waals surface area contributed by atoms with E-state index in [1.165, 1.54) is 0 Å². The number of aliphatic hydroxyl groups excluding tert-OH is 1. The van der Waals surface area contributed by atoms with Gasteiger partial charge in [0.1, 0.15) is 5.60 Å². The van der Waals surface area contributed by atoms with E-state index in [9.17, 15) is 9.90 Å². The van der Waals surface area contributed by atoms with Gasteiger partial charge >= 0.3 is 5.97 Å². The van der Waals surface area contributed by atoms with Gasteiger partial charge in [0, 0.05) is 18.5 Å². The second-order valence-corrected chi connectivity index (χ2v) is 6.26. The molecule has 0 aromatic rings. The summed E-state index contributed by atoms with van der Waals surface area (Å²) in [5, 5.41) is 9.78. The van der Waals surface area contributed by atoms with E-state index in [1.807, 2.05) is 39.5 Å². The van der Waals surface area contributed by atoms with Crippen molar-refractivity contribution in [1.29, 1.82) is 0 Å². The molecule has 0 spiro atoms. The Hall–Kier alpha value is -0.610. The molecular formula is C12H23NO3. The maximum atomic E-state index is 11.6. The molecule has 1 aliphatic heterocycles. The zero-order valence-corrected chi connectivity index (χ0v) is 10.9. The molecule has 1 rings (SSSR count). The molecule has 0 saturated carbocycles. The molecule has 1 heterocycles. The van der Waals surface area contributed by atoms with E-state index in [-0.39, 0.29) is 24.0 Å². The summed E-state index contributed by atoms with van der Waals surface area (Å²) in [6.07, 6.45) is -0.366. The van der Waals surface area contributed by atoms with Gasteiger partial charge in [-0.15, -0.1) is 0 Å². The van der Waals surface area contributed by atoms with Gasteiger partial charge < -0.3 is 9.84 Å². The first kappa shape index (κ1) is 13.5. The van der Waals surface area contributed by atoms with E-state index >= 15 is 0 Å². The summed E-state index contributed by atoms with van der Waals surface area (Å²) in [5.74, 6) is -0.225. The monoisotopic (exact) mass is 229 g/mol. The molecule has 0 aromatic heterocycles. The average molecular weight is 229 g/mol. The summed E-state index contributed by atoms with van der Waals surface area (Å²) in [6.45, 7) is 11.1. The van der Waals surface area contributed by atoms with Gasteiger partial charge in [-0.05, 0) is 20.8 Å². The quantitative estimate of drug-likeness (QED) is 0.719. The molecule has 0 aromatic carbocycles. The lowest BCUT2D eigenvalue weighted by Crippen LogP contribution is -2.34. The Balaban J connectivity index is 2.43. The summed E-state index contributed by atoms with van der Waals surface area (Å²) >= 11 is 0. The van der Waals surface area contributed by atoms with Crippen molar-refractivity contribution in [2.75, 3.05) is 19.6 Å². The highest BCUT2D eigenvalue weighted by Crippen LogP contribution is 2.29. The van der Waals surface area contributed by atoms with Gasteiger partial charge in [0.15, 0.2) is 0 Å². The van der Waals surface area contributed by atoms with Crippen LogP contribution in [0.5, 0.6) is 0 Å². The summed E-state index contributed by atoms with van der Waals surface area (Å²) in [5.41, 5.74) is -0.576. The number of rotatable bonds is 2. The van der Waals surface area contributed by atoms with Gasteiger partial charge in [0.05, 0.1) is 12.6 Å². The Morgan fingerprint density at radius 1 is 1.50 bits per heavy atom. The average Bonchev–Trinajstić information content (AvgIpc) is 2.20. The van der Waals surface area contributed by atoms with Crippen molar-refractivity contribution in [2.24, 2.45) is 5.41 Å². The summed E-state index contributed by atoms with van der Waals surface area (Å²) < 4.78 is 5.24. The number of esters is 1. The molecule has 4 heteroatoms. The molecule has 1 saturated heterocycles. The number of carbonyl (C=O) groups excluding carboxylic acids is 1. The van der Waals surface area contributed by atoms with Crippen molar-refractivity contribution in [3.8, 4) is 0 Å². The first-order valence-electron chi connectivity index (χ1n) is 5.72. The fourth-order valence-electron chi connectivity index (χ4n) is 1.91. The van der Waals surface area contributed by atoms with Crippen molar-refractivity contribution in [3.05, 3.63) is 0 Å². The Morgan fingerprint density at radius 3 is 2.44 bits per heavy atom. The number of hydrogen-bond donors (Lipinski definition) is 1. The van der Waals surface area contributed by atoms with Crippen LogP contribution in [-0.4, -0.2) is 47.3 Å². The van der Waals surface area contributed by atoms with Crippen molar-refractivity contribution in [3.63, 3.8) is 0 Å². The number of β-amino-alcohol motifs (C(OH)–C–C–N with tert-alkyl or cyclic N) is 1. The number of nitrogens with zero attached hydrogens (tertiary/aromatic N) is 1.